The molecule has 0 atom stereocenters. The van der Waals surface area contributed by atoms with Crippen molar-refractivity contribution in [3.8, 4) is 5.75 Å². The summed E-state index contributed by atoms with van der Waals surface area (Å²) in [7, 11) is -4.54. The van der Waals surface area contributed by atoms with E-state index in [2.05, 4.69) is 4.18 Å². The van der Waals surface area contributed by atoms with Crippen LogP contribution in [0.25, 0.3) is 12.2 Å². The lowest BCUT2D eigenvalue weighted by Crippen LogP contribution is -2.07. The van der Waals surface area contributed by atoms with Crippen LogP contribution in [0.2, 0.25) is 0 Å². The Bertz CT molecular complexity index is 721. The van der Waals surface area contributed by atoms with Crippen LogP contribution in [0.3, 0.4) is 0 Å². The van der Waals surface area contributed by atoms with Crippen LogP contribution in [0.4, 0.5) is 5.69 Å². The van der Waals surface area contributed by atoms with Gasteiger partial charge in [-0.3, -0.25) is 4.55 Å². The molecule has 2 aromatic carbocycles. The largest absolute Gasteiger partial charge is 0.446 e. The molecule has 0 radical (unpaired) electrons. The first-order valence-electron chi connectivity index (χ1n) is 5.73. The minimum Gasteiger partial charge on any atom is -0.399 e. The molecule has 0 aliphatic rings. The van der Waals surface area contributed by atoms with E-state index in [1.807, 2.05) is 12.1 Å². The normalized spacial score (nSPS) is 11.7. The van der Waals surface area contributed by atoms with Gasteiger partial charge in [0.25, 0.3) is 0 Å². The van der Waals surface area contributed by atoms with E-state index in [0.29, 0.717) is 11.3 Å². The first-order valence-corrected chi connectivity index (χ1v) is 7.10. The Morgan fingerprint density at radius 1 is 1.00 bits per heavy atom. The molecule has 20 heavy (non-hydrogen) atoms. The highest BCUT2D eigenvalue weighted by Gasteiger charge is 2.09. The standard InChI is InChI=1S/C14H13NO4S/c15-13-9-6-11(7-10-13)5-8-12-3-1-2-4-14(12)19-20(16,17)18/h1-10H,15H2,(H,16,17,18)/b8-5-. The minimum atomic E-state index is -4.54. The summed E-state index contributed by atoms with van der Waals surface area (Å²) in [6, 6.07) is 13.7. The van der Waals surface area contributed by atoms with Crippen LogP contribution in [0, 0.1) is 0 Å². The molecule has 5 nitrogen and oxygen atoms in total. The zero-order valence-corrected chi connectivity index (χ0v) is 11.2. The molecular weight excluding hydrogens is 278 g/mol. The van der Waals surface area contributed by atoms with E-state index in [0.717, 1.165) is 5.56 Å². The summed E-state index contributed by atoms with van der Waals surface area (Å²) in [4.78, 5) is 0. The van der Waals surface area contributed by atoms with Crippen LogP contribution in [0.1, 0.15) is 11.1 Å². The average Bonchev–Trinajstić information content (AvgIpc) is 2.38. The van der Waals surface area contributed by atoms with Gasteiger partial charge in [0.1, 0.15) is 0 Å². The Hall–Kier alpha value is -2.31. The SMILES string of the molecule is Nc1ccc(/C=C\c2ccccc2OS(=O)(=O)O)cc1. The van der Waals surface area contributed by atoms with E-state index in [-0.39, 0.29) is 5.75 Å². The van der Waals surface area contributed by atoms with Crippen LogP contribution >= 0.6 is 0 Å². The highest BCUT2D eigenvalue weighted by atomic mass is 32.3. The smallest absolute Gasteiger partial charge is 0.399 e. The van der Waals surface area contributed by atoms with Crippen LogP contribution in [-0.2, 0) is 10.4 Å². The second-order valence-corrected chi connectivity index (χ2v) is 5.07. The van der Waals surface area contributed by atoms with E-state index < -0.39 is 10.4 Å². The number of nitrogens with two attached hydrogens (primary N) is 1. The zero-order valence-electron chi connectivity index (χ0n) is 10.4. The number of nitrogen functional groups attached to an aromatic ring is 1. The van der Waals surface area contributed by atoms with E-state index in [9.17, 15) is 8.42 Å². The van der Waals surface area contributed by atoms with Crippen LogP contribution in [0.15, 0.2) is 48.5 Å². The Balaban J connectivity index is 2.27. The molecule has 0 aromatic heterocycles. The molecule has 2 rings (SSSR count). The van der Waals surface area contributed by atoms with Crippen molar-refractivity contribution in [3.05, 3.63) is 59.7 Å². The molecule has 0 saturated heterocycles. The predicted octanol–water partition coefficient (Wildman–Crippen LogP) is 2.62. The van der Waals surface area contributed by atoms with Crippen LogP contribution in [0.5, 0.6) is 5.75 Å². The number of para-hydroxylation sites is 1. The molecular formula is C14H13NO4S. The fourth-order valence-corrected chi connectivity index (χ4v) is 1.98. The third kappa shape index (κ3) is 4.11. The van der Waals surface area contributed by atoms with Gasteiger partial charge in [0.15, 0.2) is 5.75 Å². The first kappa shape index (κ1) is 14.1. The van der Waals surface area contributed by atoms with Gasteiger partial charge in [0, 0.05) is 11.3 Å². The molecule has 0 fully saturated rings. The van der Waals surface area contributed by atoms with E-state index in [1.165, 1.54) is 6.07 Å². The molecule has 0 aliphatic heterocycles. The number of anilines is 1. The van der Waals surface area contributed by atoms with Gasteiger partial charge in [-0.05, 0) is 23.8 Å². The van der Waals surface area contributed by atoms with Gasteiger partial charge in [-0.15, -0.1) is 0 Å². The van der Waals surface area contributed by atoms with Crippen LogP contribution < -0.4 is 9.92 Å². The maximum Gasteiger partial charge on any atom is 0.446 e. The fraction of sp³-hybridized carbons (Fsp3) is 0. The van der Waals surface area contributed by atoms with Gasteiger partial charge in [-0.25, -0.2) is 0 Å². The third-order valence-electron chi connectivity index (χ3n) is 2.51. The molecule has 3 N–H and O–H groups in total. The van der Waals surface area contributed by atoms with Gasteiger partial charge < -0.3 is 9.92 Å². The van der Waals surface area contributed by atoms with Gasteiger partial charge in [0.2, 0.25) is 0 Å². The van der Waals surface area contributed by atoms with Crippen molar-refractivity contribution in [2.24, 2.45) is 0 Å². The molecule has 6 heteroatoms. The second kappa shape index (κ2) is 5.77. The quantitative estimate of drug-likeness (QED) is 0.513. The monoisotopic (exact) mass is 291 g/mol. The van der Waals surface area contributed by atoms with Gasteiger partial charge in [-0.2, -0.15) is 8.42 Å². The molecule has 0 bridgehead atoms. The number of benzene rings is 2. The molecule has 0 spiro atoms. The van der Waals surface area contributed by atoms with E-state index in [4.69, 9.17) is 10.3 Å². The molecule has 0 heterocycles. The minimum absolute atomic E-state index is 0.0571. The van der Waals surface area contributed by atoms with Crippen molar-refractivity contribution in [3.63, 3.8) is 0 Å². The van der Waals surface area contributed by atoms with Crippen molar-refractivity contribution in [2.75, 3.05) is 5.73 Å². The average molecular weight is 291 g/mol. The van der Waals surface area contributed by atoms with Gasteiger partial charge >= 0.3 is 10.4 Å². The van der Waals surface area contributed by atoms with Crippen molar-refractivity contribution in [1.29, 1.82) is 0 Å². The second-order valence-electron chi connectivity index (χ2n) is 4.05. The van der Waals surface area contributed by atoms with E-state index in [1.54, 1.807) is 42.5 Å². The highest BCUT2D eigenvalue weighted by molar-refractivity contribution is 7.81. The lowest BCUT2D eigenvalue weighted by atomic mass is 10.1. The number of rotatable bonds is 4. The number of hydrogen-bond donors (Lipinski definition) is 2. The molecule has 0 aliphatic carbocycles. The lowest BCUT2D eigenvalue weighted by Gasteiger charge is -2.04. The van der Waals surface area contributed by atoms with E-state index >= 15 is 0 Å². The summed E-state index contributed by atoms with van der Waals surface area (Å²) in [6.07, 6.45) is 3.47. The molecule has 0 amide bonds. The number of hydrogen-bond acceptors (Lipinski definition) is 4. The van der Waals surface area contributed by atoms with Gasteiger partial charge in [0.05, 0.1) is 0 Å². The third-order valence-corrected chi connectivity index (χ3v) is 2.90. The summed E-state index contributed by atoms with van der Waals surface area (Å²) in [5.41, 5.74) is 7.69. The van der Waals surface area contributed by atoms with Crippen LogP contribution in [-0.4, -0.2) is 13.0 Å². The Morgan fingerprint density at radius 3 is 2.30 bits per heavy atom. The highest BCUT2D eigenvalue weighted by Crippen LogP contribution is 2.22. The van der Waals surface area contributed by atoms with Crippen molar-refractivity contribution in [1.82, 2.24) is 0 Å². The zero-order chi connectivity index (χ0) is 14.6. The molecule has 104 valence electrons. The van der Waals surface area contributed by atoms with Gasteiger partial charge in [-0.1, -0.05) is 42.5 Å². The summed E-state index contributed by atoms with van der Waals surface area (Å²) < 4.78 is 34.7. The topological polar surface area (TPSA) is 89.6 Å². The summed E-state index contributed by atoms with van der Waals surface area (Å²) >= 11 is 0. The lowest BCUT2D eigenvalue weighted by molar-refractivity contribution is 0.386. The van der Waals surface area contributed by atoms with Crippen molar-refractivity contribution >= 4 is 28.2 Å². The first-order chi connectivity index (χ1) is 9.44. The maximum absolute atomic E-state index is 10.8. The predicted molar refractivity (Wildman–Crippen MR) is 78.4 cm³/mol. The Kier molecular flexibility index (Phi) is 4.07. The maximum atomic E-state index is 10.8. The van der Waals surface area contributed by atoms with Crippen molar-refractivity contribution < 1.29 is 17.2 Å². The molecule has 2 aromatic rings. The Morgan fingerprint density at radius 2 is 1.65 bits per heavy atom. The summed E-state index contributed by atoms with van der Waals surface area (Å²) in [5.74, 6) is 0.0571. The fourth-order valence-electron chi connectivity index (χ4n) is 1.60. The summed E-state index contributed by atoms with van der Waals surface area (Å²) in [5, 5.41) is 0. The Labute approximate surface area is 117 Å². The molecule has 0 saturated carbocycles. The van der Waals surface area contributed by atoms with Crippen molar-refractivity contribution in [2.45, 2.75) is 0 Å². The summed E-state index contributed by atoms with van der Waals surface area (Å²) in [6.45, 7) is 0. The molecule has 0 unspecified atom stereocenters.